The average Bonchev–Trinajstić information content (AvgIpc) is 1.93. The molecule has 1 aliphatic rings. The van der Waals surface area contributed by atoms with Crippen LogP contribution in [0, 0.1) is 0 Å². The van der Waals surface area contributed by atoms with E-state index in [1.54, 1.807) is 6.92 Å². The number of rotatable bonds is 2. The molecule has 0 aromatic carbocycles. The molecule has 0 aromatic heterocycles. The van der Waals surface area contributed by atoms with Crippen LogP contribution in [0.1, 0.15) is 13.8 Å². The third-order valence-corrected chi connectivity index (χ3v) is 1.93. The van der Waals surface area contributed by atoms with Gasteiger partial charge in [-0.25, -0.2) is 0 Å². The second-order valence-corrected chi connectivity index (χ2v) is 3.10. The third kappa shape index (κ3) is 2.60. The molecule has 0 bridgehead atoms. The van der Waals surface area contributed by atoms with Crippen molar-refractivity contribution in [2.45, 2.75) is 19.9 Å². The molecule has 0 N–H and O–H groups in total. The standard InChI is InChI=1S/C8H15NO2/c1-7-6-11-4-3-9(7)5-8(2)10/h7H,3-6H2,1-2H3. The van der Waals surface area contributed by atoms with Crippen LogP contribution in [0.25, 0.3) is 0 Å². The van der Waals surface area contributed by atoms with Crippen molar-refractivity contribution >= 4 is 5.78 Å². The van der Waals surface area contributed by atoms with Gasteiger partial charge in [-0.1, -0.05) is 0 Å². The number of ether oxygens (including phenoxy) is 1. The molecule has 11 heavy (non-hydrogen) atoms. The Morgan fingerprint density at radius 3 is 3.00 bits per heavy atom. The number of carbonyl (C=O) groups is 1. The van der Waals surface area contributed by atoms with Crippen molar-refractivity contribution in [2.75, 3.05) is 26.3 Å². The molecule has 0 amide bonds. The molecule has 0 radical (unpaired) electrons. The Balaban J connectivity index is 2.35. The van der Waals surface area contributed by atoms with Crippen LogP contribution >= 0.6 is 0 Å². The van der Waals surface area contributed by atoms with Crippen molar-refractivity contribution in [1.29, 1.82) is 0 Å². The molecule has 64 valence electrons. The highest BCUT2D eigenvalue weighted by atomic mass is 16.5. The van der Waals surface area contributed by atoms with E-state index >= 15 is 0 Å². The van der Waals surface area contributed by atoms with Gasteiger partial charge in [0.1, 0.15) is 5.78 Å². The molecular formula is C8H15NO2. The zero-order valence-electron chi connectivity index (χ0n) is 7.17. The topological polar surface area (TPSA) is 29.5 Å². The summed E-state index contributed by atoms with van der Waals surface area (Å²) >= 11 is 0. The van der Waals surface area contributed by atoms with E-state index in [0.717, 1.165) is 19.8 Å². The predicted octanol–water partition coefficient (Wildman–Crippen LogP) is 0.296. The first kappa shape index (κ1) is 8.68. The van der Waals surface area contributed by atoms with Crippen LogP contribution in [-0.4, -0.2) is 43.0 Å². The summed E-state index contributed by atoms with van der Waals surface area (Å²) in [6.07, 6.45) is 0. The monoisotopic (exact) mass is 157 g/mol. The zero-order chi connectivity index (χ0) is 8.27. The molecule has 1 rings (SSSR count). The van der Waals surface area contributed by atoms with Crippen molar-refractivity contribution in [3.05, 3.63) is 0 Å². The van der Waals surface area contributed by atoms with Gasteiger partial charge in [-0.15, -0.1) is 0 Å². The van der Waals surface area contributed by atoms with Crippen molar-refractivity contribution in [1.82, 2.24) is 4.90 Å². The first-order valence-electron chi connectivity index (χ1n) is 4.01. The maximum absolute atomic E-state index is 10.8. The summed E-state index contributed by atoms with van der Waals surface area (Å²) in [5.41, 5.74) is 0. The minimum atomic E-state index is 0.235. The van der Waals surface area contributed by atoms with Crippen LogP contribution in [-0.2, 0) is 9.53 Å². The molecule has 0 spiro atoms. The summed E-state index contributed by atoms with van der Waals surface area (Å²) < 4.78 is 5.24. The molecule has 1 saturated heterocycles. The second kappa shape index (κ2) is 3.83. The smallest absolute Gasteiger partial charge is 0.143 e. The fourth-order valence-corrected chi connectivity index (χ4v) is 1.28. The van der Waals surface area contributed by atoms with Gasteiger partial charge in [0.25, 0.3) is 0 Å². The summed E-state index contributed by atoms with van der Waals surface area (Å²) in [6, 6.07) is 0.396. The summed E-state index contributed by atoms with van der Waals surface area (Å²) in [6.45, 7) is 6.69. The minimum Gasteiger partial charge on any atom is -0.379 e. The number of nitrogens with zero attached hydrogens (tertiary/aromatic N) is 1. The first-order valence-corrected chi connectivity index (χ1v) is 4.01. The molecule has 1 atom stereocenters. The molecule has 3 heteroatoms. The summed E-state index contributed by atoms with van der Waals surface area (Å²) in [4.78, 5) is 12.9. The quantitative estimate of drug-likeness (QED) is 0.577. The largest absolute Gasteiger partial charge is 0.379 e. The van der Waals surface area contributed by atoms with Gasteiger partial charge in [-0.3, -0.25) is 9.69 Å². The highest BCUT2D eigenvalue weighted by Gasteiger charge is 2.18. The molecule has 1 fully saturated rings. The third-order valence-electron chi connectivity index (χ3n) is 1.93. The van der Waals surface area contributed by atoms with E-state index in [1.807, 2.05) is 0 Å². The number of carbonyl (C=O) groups excluding carboxylic acids is 1. The van der Waals surface area contributed by atoms with Gasteiger partial charge in [-0.2, -0.15) is 0 Å². The summed E-state index contributed by atoms with van der Waals surface area (Å²) in [7, 11) is 0. The highest BCUT2D eigenvalue weighted by Crippen LogP contribution is 2.04. The molecule has 1 heterocycles. The fraction of sp³-hybridized carbons (Fsp3) is 0.875. The lowest BCUT2D eigenvalue weighted by Crippen LogP contribution is -2.45. The lowest BCUT2D eigenvalue weighted by atomic mass is 10.2. The van der Waals surface area contributed by atoms with E-state index in [4.69, 9.17) is 4.74 Å². The van der Waals surface area contributed by atoms with E-state index in [2.05, 4.69) is 11.8 Å². The van der Waals surface area contributed by atoms with E-state index in [1.165, 1.54) is 0 Å². The Morgan fingerprint density at radius 2 is 2.45 bits per heavy atom. The van der Waals surface area contributed by atoms with Crippen molar-refractivity contribution < 1.29 is 9.53 Å². The van der Waals surface area contributed by atoms with E-state index in [-0.39, 0.29) is 5.78 Å². The molecular weight excluding hydrogens is 142 g/mol. The van der Waals surface area contributed by atoms with E-state index < -0.39 is 0 Å². The number of ketones is 1. The summed E-state index contributed by atoms with van der Waals surface area (Å²) in [5.74, 6) is 0.235. The van der Waals surface area contributed by atoms with E-state index in [9.17, 15) is 4.79 Å². The van der Waals surface area contributed by atoms with Gasteiger partial charge in [0, 0.05) is 12.6 Å². The molecule has 0 saturated carbocycles. The minimum absolute atomic E-state index is 0.235. The number of Topliss-reactive ketones (excluding diaryl/α,β-unsaturated/α-hetero) is 1. The SMILES string of the molecule is CC(=O)CN1CCOCC1C. The lowest BCUT2D eigenvalue weighted by Gasteiger charge is -2.32. The normalized spacial score (nSPS) is 26.9. The Hall–Kier alpha value is -0.410. The maximum atomic E-state index is 10.8. The molecule has 1 unspecified atom stereocenters. The Morgan fingerprint density at radius 1 is 1.73 bits per heavy atom. The van der Waals surface area contributed by atoms with Gasteiger partial charge in [0.2, 0.25) is 0 Å². The van der Waals surface area contributed by atoms with Crippen LogP contribution < -0.4 is 0 Å². The second-order valence-electron chi connectivity index (χ2n) is 3.10. The summed E-state index contributed by atoms with van der Waals surface area (Å²) in [5, 5.41) is 0. The number of hydrogen-bond acceptors (Lipinski definition) is 3. The van der Waals surface area contributed by atoms with Gasteiger partial charge < -0.3 is 4.74 Å². The van der Waals surface area contributed by atoms with Crippen molar-refractivity contribution in [2.24, 2.45) is 0 Å². The van der Waals surface area contributed by atoms with Crippen LogP contribution in [0.3, 0.4) is 0 Å². The van der Waals surface area contributed by atoms with Crippen LogP contribution in [0.4, 0.5) is 0 Å². The predicted molar refractivity (Wildman–Crippen MR) is 42.5 cm³/mol. The van der Waals surface area contributed by atoms with Crippen molar-refractivity contribution in [3.63, 3.8) is 0 Å². The number of morpholine rings is 1. The van der Waals surface area contributed by atoms with Gasteiger partial charge in [0.15, 0.2) is 0 Å². The van der Waals surface area contributed by atoms with Crippen molar-refractivity contribution in [3.8, 4) is 0 Å². The average molecular weight is 157 g/mol. The van der Waals surface area contributed by atoms with Gasteiger partial charge >= 0.3 is 0 Å². The lowest BCUT2D eigenvalue weighted by molar-refractivity contribution is -0.120. The van der Waals surface area contributed by atoms with Gasteiger partial charge in [-0.05, 0) is 13.8 Å². The Bertz CT molecular complexity index is 147. The molecule has 1 aliphatic heterocycles. The van der Waals surface area contributed by atoms with Crippen LogP contribution in [0.2, 0.25) is 0 Å². The van der Waals surface area contributed by atoms with Crippen LogP contribution in [0.5, 0.6) is 0 Å². The van der Waals surface area contributed by atoms with E-state index in [0.29, 0.717) is 12.6 Å². The number of hydrogen-bond donors (Lipinski definition) is 0. The molecule has 0 aliphatic carbocycles. The first-order chi connectivity index (χ1) is 5.20. The fourth-order valence-electron chi connectivity index (χ4n) is 1.28. The Labute approximate surface area is 67.3 Å². The Kier molecular flexibility index (Phi) is 3.02. The molecule has 3 nitrogen and oxygen atoms in total. The maximum Gasteiger partial charge on any atom is 0.143 e. The van der Waals surface area contributed by atoms with Crippen LogP contribution in [0.15, 0.2) is 0 Å². The molecule has 0 aromatic rings. The highest BCUT2D eigenvalue weighted by molar-refractivity contribution is 5.77. The van der Waals surface area contributed by atoms with Gasteiger partial charge in [0.05, 0.1) is 19.8 Å². The zero-order valence-corrected chi connectivity index (χ0v) is 7.17.